The Bertz CT molecular complexity index is 1520. The summed E-state index contributed by atoms with van der Waals surface area (Å²) in [6, 6.07) is 0. The predicted molar refractivity (Wildman–Crippen MR) is 235 cm³/mol. The quantitative estimate of drug-likeness (QED) is 0.234. The van der Waals surface area contributed by atoms with Gasteiger partial charge in [0.2, 0.25) is 17.4 Å². The average molecular weight is 937 g/mol. The fourth-order valence-corrected chi connectivity index (χ4v) is 15.7. The Kier molecular flexibility index (Phi) is 13.5. The first-order chi connectivity index (χ1) is 31.5. The van der Waals surface area contributed by atoms with E-state index in [4.69, 9.17) is 72.0 Å². The fraction of sp³-hybridized carbons (Fsp3) is 1.00. The van der Waals surface area contributed by atoms with Crippen LogP contribution in [0.2, 0.25) is 0 Å². The van der Waals surface area contributed by atoms with E-state index in [2.05, 4.69) is 41.5 Å². The molecule has 3 aliphatic carbocycles. The van der Waals surface area contributed by atoms with Gasteiger partial charge in [0.15, 0.2) is 54.5 Å². The summed E-state index contributed by atoms with van der Waals surface area (Å²) >= 11 is 0. The van der Waals surface area contributed by atoms with Gasteiger partial charge in [-0.2, -0.15) is 0 Å². The van der Waals surface area contributed by atoms with Gasteiger partial charge in [-0.1, -0.05) is 41.5 Å². The van der Waals surface area contributed by atoms with Crippen molar-refractivity contribution < 1.29 is 72.0 Å². The monoisotopic (exact) mass is 937 g/mol. The molecule has 15 rings (SSSR count). The first kappa shape index (κ1) is 49.0. The van der Waals surface area contributed by atoms with E-state index in [1.807, 2.05) is 41.5 Å². The standard InChI is InChI=1S/3C17H28O5/c3*1-5-18-14-11(3)13-7-6-10(2)12-8-9-16(4)20-15(19-14)17(12,13)22-21-16/h3*10-15H,5-9H2,1-4H3/t3*10-,11-,12+,13+,14+,15-,16-,17-/m111/s1. The summed E-state index contributed by atoms with van der Waals surface area (Å²) in [6.07, 6.45) is 11.0. The first-order valence-corrected chi connectivity index (χ1v) is 26.4. The number of hydrogen-bond donors (Lipinski definition) is 0. The molecular formula is C51H84O15. The molecule has 12 saturated heterocycles. The lowest BCUT2D eigenvalue weighted by molar-refractivity contribution is -0.577. The zero-order chi connectivity index (χ0) is 46.6. The lowest BCUT2D eigenvalue weighted by Crippen LogP contribution is -2.70. The van der Waals surface area contributed by atoms with Crippen molar-refractivity contribution in [1.82, 2.24) is 0 Å². The highest BCUT2D eigenvalue weighted by Crippen LogP contribution is 2.64. The Morgan fingerprint density at radius 3 is 0.894 bits per heavy atom. The van der Waals surface area contributed by atoms with Gasteiger partial charge in [-0.25, -0.2) is 29.3 Å². The molecule has 0 aromatic carbocycles. The Balaban J connectivity index is 0.000000116. The molecule has 12 heterocycles. The van der Waals surface area contributed by atoms with Crippen LogP contribution < -0.4 is 0 Å². The van der Waals surface area contributed by atoms with Crippen LogP contribution in [0.15, 0.2) is 0 Å². The van der Waals surface area contributed by atoms with Crippen molar-refractivity contribution in [2.75, 3.05) is 19.8 Å². The van der Waals surface area contributed by atoms with Crippen LogP contribution in [0.3, 0.4) is 0 Å². The molecule has 0 radical (unpaired) electrons. The van der Waals surface area contributed by atoms with E-state index in [0.29, 0.717) is 73.1 Å². The number of ether oxygens (including phenoxy) is 9. The topological polar surface area (TPSA) is 138 Å². The van der Waals surface area contributed by atoms with Crippen molar-refractivity contribution in [1.29, 1.82) is 0 Å². The molecule has 0 amide bonds. The van der Waals surface area contributed by atoms with Gasteiger partial charge < -0.3 is 42.6 Å². The molecule has 12 aliphatic heterocycles. The normalized spacial score (nSPS) is 57.3. The molecule has 15 heteroatoms. The van der Waals surface area contributed by atoms with Crippen LogP contribution in [0.5, 0.6) is 0 Å². The van der Waals surface area contributed by atoms with Crippen LogP contribution >= 0.6 is 0 Å². The maximum Gasteiger partial charge on any atom is 0.201 e. The Morgan fingerprint density at radius 1 is 0.364 bits per heavy atom. The lowest BCUT2D eigenvalue weighted by atomic mass is 9.58. The molecule has 15 aliphatic rings. The van der Waals surface area contributed by atoms with E-state index in [1.54, 1.807) is 0 Å². The average Bonchev–Trinajstić information content (AvgIpc) is 3.77. The molecule has 66 heavy (non-hydrogen) atoms. The third-order valence-corrected chi connectivity index (χ3v) is 19.3. The predicted octanol–water partition coefficient (Wildman–Crippen LogP) is 9.69. The van der Waals surface area contributed by atoms with Gasteiger partial charge in [0.25, 0.3) is 0 Å². The molecule has 378 valence electrons. The molecule has 6 bridgehead atoms. The minimum absolute atomic E-state index is 0.216. The summed E-state index contributed by atoms with van der Waals surface area (Å²) in [5, 5.41) is 0. The largest absolute Gasteiger partial charge is 0.353 e. The molecule has 24 atom stereocenters. The molecule has 15 nitrogen and oxygen atoms in total. The second kappa shape index (κ2) is 18.2. The Morgan fingerprint density at radius 2 is 0.636 bits per heavy atom. The Hall–Kier alpha value is -0.600. The zero-order valence-electron chi connectivity index (χ0n) is 42.1. The number of rotatable bonds is 6. The maximum atomic E-state index is 6.25. The van der Waals surface area contributed by atoms with Crippen molar-refractivity contribution in [3.63, 3.8) is 0 Å². The summed E-state index contributed by atoms with van der Waals surface area (Å²) in [6.45, 7) is 27.5. The summed E-state index contributed by atoms with van der Waals surface area (Å²) < 4.78 is 55.0. The first-order valence-electron chi connectivity index (χ1n) is 26.4. The van der Waals surface area contributed by atoms with Gasteiger partial charge in [-0.15, -0.1) is 0 Å². The zero-order valence-corrected chi connectivity index (χ0v) is 42.1. The van der Waals surface area contributed by atoms with Crippen LogP contribution in [0.4, 0.5) is 0 Å². The molecular weight excluding hydrogens is 853 g/mol. The lowest BCUT2D eigenvalue weighted by Gasteiger charge is -2.60. The second-order valence-electron chi connectivity index (χ2n) is 23.2. The molecule has 3 saturated carbocycles. The van der Waals surface area contributed by atoms with Crippen LogP contribution in [0.1, 0.15) is 160 Å². The van der Waals surface area contributed by atoms with E-state index in [9.17, 15) is 0 Å². The summed E-state index contributed by atoms with van der Waals surface area (Å²) in [5.74, 6) is 2.87. The summed E-state index contributed by atoms with van der Waals surface area (Å²) in [4.78, 5) is 35.6. The third kappa shape index (κ3) is 7.67. The van der Waals surface area contributed by atoms with Crippen molar-refractivity contribution in [2.24, 2.45) is 71.0 Å². The molecule has 0 aromatic heterocycles. The van der Waals surface area contributed by atoms with E-state index in [1.165, 1.54) is 19.3 Å². The van der Waals surface area contributed by atoms with Crippen LogP contribution in [-0.4, -0.2) is 91.7 Å². The van der Waals surface area contributed by atoms with Crippen molar-refractivity contribution in [2.45, 2.75) is 232 Å². The highest BCUT2D eigenvalue weighted by molar-refractivity contribution is 5.12. The van der Waals surface area contributed by atoms with Crippen LogP contribution in [0.25, 0.3) is 0 Å². The van der Waals surface area contributed by atoms with Gasteiger partial charge in [0, 0.05) is 74.6 Å². The smallest absolute Gasteiger partial charge is 0.201 e. The van der Waals surface area contributed by atoms with Gasteiger partial charge in [0.1, 0.15) is 0 Å². The van der Waals surface area contributed by atoms with Crippen LogP contribution in [0, 0.1) is 71.0 Å². The molecule has 0 N–H and O–H groups in total. The number of fused-ring (bicyclic) bond motifs is 6. The summed E-state index contributed by atoms with van der Waals surface area (Å²) in [7, 11) is 0. The second-order valence-corrected chi connectivity index (χ2v) is 23.2. The molecule has 0 aromatic rings. The van der Waals surface area contributed by atoms with E-state index in [-0.39, 0.29) is 55.5 Å². The van der Waals surface area contributed by atoms with Crippen molar-refractivity contribution in [3.8, 4) is 0 Å². The molecule has 0 unspecified atom stereocenters. The minimum Gasteiger partial charge on any atom is -0.353 e. The highest BCUT2D eigenvalue weighted by atomic mass is 17.3. The van der Waals surface area contributed by atoms with Gasteiger partial charge in [-0.3, -0.25) is 0 Å². The SMILES string of the molecule is CCO[C@H]1O[C@@H]2O[C@@]3(C)CC[C@H]4[C@H](C)CC[C@@H]([C@H]1C)[C@@]24OO3.CCO[C@H]1O[C@@H]2O[C@@]3(C)CC[C@H]4[C@H](C)CC[C@@H]([C@H]1C)[C@@]24OO3.CCO[C@H]1O[C@@H]2O[C@@]3(C)CC[C@H]4[C@H](C)CC[C@@H]([C@H]1C)[C@@]24OO3. The van der Waals surface area contributed by atoms with E-state index in [0.717, 1.165) is 57.8 Å². The van der Waals surface area contributed by atoms with E-state index < -0.39 is 34.2 Å². The fourth-order valence-electron chi connectivity index (χ4n) is 15.7. The van der Waals surface area contributed by atoms with Crippen molar-refractivity contribution in [3.05, 3.63) is 0 Å². The van der Waals surface area contributed by atoms with E-state index >= 15 is 0 Å². The van der Waals surface area contributed by atoms with Gasteiger partial charge in [0.05, 0.1) is 0 Å². The summed E-state index contributed by atoms with van der Waals surface area (Å²) in [5.41, 5.74) is -1.41. The molecule has 15 fully saturated rings. The minimum atomic E-state index is -0.700. The Labute approximate surface area is 393 Å². The van der Waals surface area contributed by atoms with Gasteiger partial charge >= 0.3 is 0 Å². The van der Waals surface area contributed by atoms with Crippen molar-refractivity contribution >= 4 is 0 Å². The molecule has 3 spiro atoms. The van der Waals surface area contributed by atoms with Crippen LogP contribution in [-0.2, 0) is 72.0 Å². The maximum absolute atomic E-state index is 6.25. The highest BCUT2D eigenvalue weighted by Gasteiger charge is 2.72. The number of hydrogen-bond acceptors (Lipinski definition) is 15. The third-order valence-electron chi connectivity index (χ3n) is 19.3. The van der Waals surface area contributed by atoms with Gasteiger partial charge in [-0.05, 0) is 135 Å².